The van der Waals surface area contributed by atoms with E-state index in [1.54, 1.807) is 7.05 Å². The highest BCUT2D eigenvalue weighted by molar-refractivity contribution is 7.89. The molecule has 2 rings (SSSR count). The Hall–Kier alpha value is -1.64. The minimum atomic E-state index is -3.75. The minimum absolute atomic E-state index is 0.0187. The van der Waals surface area contributed by atoms with Gasteiger partial charge in [-0.15, -0.1) is 0 Å². The van der Waals surface area contributed by atoms with Crippen molar-refractivity contribution in [1.29, 1.82) is 0 Å². The fourth-order valence-electron chi connectivity index (χ4n) is 1.44. The van der Waals surface area contributed by atoms with Crippen LogP contribution in [0.25, 0.3) is 0 Å². The Bertz CT molecular complexity index is 698. The summed E-state index contributed by atoms with van der Waals surface area (Å²) in [5.41, 5.74) is 5.77. The van der Waals surface area contributed by atoms with E-state index in [0.29, 0.717) is 10.8 Å². The number of hydrogen-bond acceptors (Lipinski definition) is 5. The van der Waals surface area contributed by atoms with Crippen molar-refractivity contribution in [1.82, 2.24) is 19.5 Å². The number of halogens is 1. The molecule has 19 heavy (non-hydrogen) atoms. The molecule has 0 unspecified atom stereocenters. The fraction of sp³-hybridized carbons (Fsp3) is 0.200. The van der Waals surface area contributed by atoms with Gasteiger partial charge >= 0.3 is 0 Å². The molecule has 0 amide bonds. The highest BCUT2D eigenvalue weighted by Crippen LogP contribution is 2.22. The minimum Gasteiger partial charge on any atom is -0.398 e. The first-order valence-electron chi connectivity index (χ1n) is 5.28. The Kier molecular flexibility index (Phi) is 3.74. The molecule has 0 radical (unpaired) electrons. The van der Waals surface area contributed by atoms with Crippen molar-refractivity contribution in [2.75, 3.05) is 5.73 Å². The highest BCUT2D eigenvalue weighted by Gasteiger charge is 2.18. The molecule has 0 fully saturated rings. The molecule has 0 bridgehead atoms. The Morgan fingerprint density at radius 1 is 1.47 bits per heavy atom. The van der Waals surface area contributed by atoms with Gasteiger partial charge in [0.15, 0.2) is 5.82 Å². The number of sulfonamides is 1. The topological polar surface area (TPSA) is 103 Å². The van der Waals surface area contributed by atoms with Gasteiger partial charge in [-0.25, -0.2) is 18.1 Å². The average molecular weight is 302 g/mol. The molecule has 2 aromatic rings. The van der Waals surface area contributed by atoms with Gasteiger partial charge in [0.25, 0.3) is 0 Å². The predicted octanol–water partition coefficient (Wildman–Crippen LogP) is 0.529. The molecule has 3 N–H and O–H groups in total. The van der Waals surface area contributed by atoms with Crippen molar-refractivity contribution in [3.05, 3.63) is 35.4 Å². The lowest BCUT2D eigenvalue weighted by atomic mass is 10.3. The van der Waals surface area contributed by atoms with Crippen LogP contribution in [-0.2, 0) is 23.6 Å². The Morgan fingerprint density at radius 2 is 2.21 bits per heavy atom. The van der Waals surface area contributed by atoms with Crippen molar-refractivity contribution in [2.24, 2.45) is 7.05 Å². The third-order valence-electron chi connectivity index (χ3n) is 2.33. The van der Waals surface area contributed by atoms with Crippen molar-refractivity contribution in [3.8, 4) is 0 Å². The van der Waals surface area contributed by atoms with Gasteiger partial charge in [-0.05, 0) is 18.2 Å². The van der Waals surface area contributed by atoms with Crippen LogP contribution in [-0.4, -0.2) is 23.2 Å². The number of rotatable bonds is 4. The van der Waals surface area contributed by atoms with E-state index in [-0.39, 0.29) is 17.1 Å². The fourth-order valence-corrected chi connectivity index (χ4v) is 2.82. The summed E-state index contributed by atoms with van der Waals surface area (Å²) in [5, 5.41) is 4.27. The number of nitrogen functional groups attached to an aromatic ring is 1. The lowest BCUT2D eigenvalue weighted by molar-refractivity contribution is 0.579. The quantitative estimate of drug-likeness (QED) is 0.802. The number of nitrogens with two attached hydrogens (primary N) is 1. The zero-order valence-electron chi connectivity index (χ0n) is 10.0. The van der Waals surface area contributed by atoms with Gasteiger partial charge in [-0.1, -0.05) is 11.6 Å². The molecule has 0 spiro atoms. The molecule has 7 nitrogen and oxygen atoms in total. The molecule has 0 aliphatic carbocycles. The first-order chi connectivity index (χ1) is 8.88. The summed E-state index contributed by atoms with van der Waals surface area (Å²) in [5.74, 6) is 0.367. The van der Waals surface area contributed by atoms with E-state index in [9.17, 15) is 8.42 Å². The van der Waals surface area contributed by atoms with E-state index in [1.165, 1.54) is 29.2 Å². The summed E-state index contributed by atoms with van der Waals surface area (Å²) >= 11 is 5.77. The molecule has 1 heterocycles. The molecule has 0 atom stereocenters. The molecule has 1 aromatic heterocycles. The number of nitrogens with zero attached hydrogens (tertiary/aromatic N) is 3. The van der Waals surface area contributed by atoms with Gasteiger partial charge in [0.2, 0.25) is 10.0 Å². The Labute approximate surface area is 115 Å². The van der Waals surface area contributed by atoms with Gasteiger partial charge in [0.1, 0.15) is 11.2 Å². The van der Waals surface area contributed by atoms with Crippen LogP contribution in [0.4, 0.5) is 5.69 Å². The summed E-state index contributed by atoms with van der Waals surface area (Å²) in [7, 11) is -2.06. The SMILES string of the molecule is Cn1cnc(CNS(=O)(=O)c2cc(Cl)ccc2N)n1. The normalized spacial score (nSPS) is 11.7. The zero-order valence-corrected chi connectivity index (χ0v) is 11.6. The summed E-state index contributed by atoms with van der Waals surface area (Å²) in [4.78, 5) is 3.86. The number of aromatic nitrogens is 3. The Morgan fingerprint density at radius 3 is 2.84 bits per heavy atom. The van der Waals surface area contributed by atoms with Crippen molar-refractivity contribution in [3.63, 3.8) is 0 Å². The molecule has 9 heteroatoms. The maximum Gasteiger partial charge on any atom is 0.243 e. The third-order valence-corrected chi connectivity index (χ3v) is 4.02. The van der Waals surface area contributed by atoms with Crippen LogP contribution < -0.4 is 10.5 Å². The van der Waals surface area contributed by atoms with Gasteiger partial charge in [0, 0.05) is 12.1 Å². The number of hydrogen-bond donors (Lipinski definition) is 2. The van der Waals surface area contributed by atoms with Crippen molar-refractivity contribution >= 4 is 27.3 Å². The number of nitrogens with one attached hydrogen (secondary N) is 1. The van der Waals surface area contributed by atoms with E-state index in [4.69, 9.17) is 17.3 Å². The van der Waals surface area contributed by atoms with E-state index in [1.807, 2.05) is 0 Å². The summed E-state index contributed by atoms with van der Waals surface area (Å²) < 4.78 is 28.0. The van der Waals surface area contributed by atoms with Crippen LogP contribution in [0.5, 0.6) is 0 Å². The van der Waals surface area contributed by atoms with E-state index in [0.717, 1.165) is 0 Å². The van der Waals surface area contributed by atoms with Crippen LogP contribution in [0, 0.1) is 0 Å². The second kappa shape index (κ2) is 5.16. The standard InChI is InChI=1S/C10H12ClN5O2S/c1-16-6-13-10(15-16)5-14-19(17,18)9-4-7(11)2-3-8(9)12/h2-4,6,14H,5,12H2,1H3. The lowest BCUT2D eigenvalue weighted by Gasteiger charge is -2.08. The number of anilines is 1. The molecule has 0 aliphatic heterocycles. The molecular formula is C10H12ClN5O2S. The van der Waals surface area contributed by atoms with Gasteiger partial charge in [-0.3, -0.25) is 4.68 Å². The molecule has 1 aromatic carbocycles. The number of aryl methyl sites for hydroxylation is 1. The first-order valence-corrected chi connectivity index (χ1v) is 7.14. The highest BCUT2D eigenvalue weighted by atomic mass is 35.5. The van der Waals surface area contributed by atoms with Gasteiger partial charge < -0.3 is 5.73 Å². The van der Waals surface area contributed by atoms with E-state index in [2.05, 4.69) is 14.8 Å². The zero-order chi connectivity index (χ0) is 14.0. The molecular weight excluding hydrogens is 290 g/mol. The van der Waals surface area contributed by atoms with Gasteiger partial charge in [0.05, 0.1) is 12.2 Å². The average Bonchev–Trinajstić information content (AvgIpc) is 2.76. The van der Waals surface area contributed by atoms with Crippen LogP contribution in [0.15, 0.2) is 29.4 Å². The summed E-state index contributed by atoms with van der Waals surface area (Å²) in [6.07, 6.45) is 1.48. The maximum absolute atomic E-state index is 12.1. The van der Waals surface area contributed by atoms with Crippen molar-refractivity contribution in [2.45, 2.75) is 11.4 Å². The molecule has 0 saturated heterocycles. The first kappa shape index (κ1) is 13.8. The van der Waals surface area contributed by atoms with Crippen LogP contribution >= 0.6 is 11.6 Å². The monoisotopic (exact) mass is 301 g/mol. The van der Waals surface area contributed by atoms with E-state index < -0.39 is 10.0 Å². The van der Waals surface area contributed by atoms with Crippen molar-refractivity contribution < 1.29 is 8.42 Å². The number of benzene rings is 1. The molecule has 102 valence electrons. The summed E-state index contributed by atoms with van der Waals surface area (Å²) in [6.45, 7) is -0.0187. The van der Waals surface area contributed by atoms with Crippen LogP contribution in [0.1, 0.15) is 5.82 Å². The van der Waals surface area contributed by atoms with Crippen LogP contribution in [0.3, 0.4) is 0 Å². The van der Waals surface area contributed by atoms with E-state index >= 15 is 0 Å². The smallest absolute Gasteiger partial charge is 0.243 e. The third kappa shape index (κ3) is 3.22. The summed E-state index contributed by atoms with van der Waals surface area (Å²) in [6, 6.07) is 4.26. The second-order valence-electron chi connectivity index (χ2n) is 3.84. The predicted molar refractivity (Wildman–Crippen MR) is 70.9 cm³/mol. The lowest BCUT2D eigenvalue weighted by Crippen LogP contribution is -2.24. The Balaban J connectivity index is 2.20. The largest absolute Gasteiger partial charge is 0.398 e. The molecule has 0 aliphatic rings. The molecule has 0 saturated carbocycles. The second-order valence-corrected chi connectivity index (χ2v) is 6.01. The van der Waals surface area contributed by atoms with Crippen LogP contribution in [0.2, 0.25) is 5.02 Å². The van der Waals surface area contributed by atoms with Gasteiger partial charge in [-0.2, -0.15) is 5.10 Å². The maximum atomic E-state index is 12.1.